The summed E-state index contributed by atoms with van der Waals surface area (Å²) in [6, 6.07) is 13.7. The zero-order valence-electron chi connectivity index (χ0n) is 12.1. The highest BCUT2D eigenvalue weighted by Gasteiger charge is 2.16. The molecule has 2 nitrogen and oxygen atoms in total. The van der Waals surface area contributed by atoms with Crippen LogP contribution in [-0.4, -0.2) is 6.54 Å². The molecule has 21 heavy (non-hydrogen) atoms. The summed E-state index contributed by atoms with van der Waals surface area (Å²) in [5.41, 5.74) is 8.03. The van der Waals surface area contributed by atoms with E-state index in [4.69, 9.17) is 22.1 Å². The summed E-state index contributed by atoms with van der Waals surface area (Å²) in [6.45, 7) is 4.69. The van der Waals surface area contributed by atoms with Gasteiger partial charge in [0.1, 0.15) is 11.9 Å². The van der Waals surface area contributed by atoms with Gasteiger partial charge in [-0.3, -0.25) is 0 Å². The third kappa shape index (κ3) is 4.22. The Bertz CT molecular complexity index is 615. The smallest absolute Gasteiger partial charge is 0.136 e. The molecule has 2 aromatic carbocycles. The van der Waals surface area contributed by atoms with Crippen molar-refractivity contribution in [2.75, 3.05) is 6.54 Å². The van der Waals surface area contributed by atoms with E-state index in [0.29, 0.717) is 17.5 Å². The van der Waals surface area contributed by atoms with E-state index < -0.39 is 0 Å². The Labute approximate surface area is 139 Å². The minimum atomic E-state index is -0.206. The first-order valence-corrected chi connectivity index (χ1v) is 8.10. The maximum Gasteiger partial charge on any atom is 0.136 e. The van der Waals surface area contributed by atoms with Gasteiger partial charge < -0.3 is 10.5 Å². The van der Waals surface area contributed by atoms with Crippen molar-refractivity contribution in [1.82, 2.24) is 0 Å². The molecule has 0 radical (unpaired) electrons. The average Bonchev–Trinajstić information content (AvgIpc) is 2.45. The fourth-order valence-electron chi connectivity index (χ4n) is 2.19. The van der Waals surface area contributed by atoms with Crippen molar-refractivity contribution in [1.29, 1.82) is 0 Å². The lowest BCUT2D eigenvalue weighted by Gasteiger charge is -2.21. The topological polar surface area (TPSA) is 35.2 Å². The van der Waals surface area contributed by atoms with Crippen LogP contribution in [0.5, 0.6) is 5.75 Å². The minimum absolute atomic E-state index is 0.206. The summed E-state index contributed by atoms with van der Waals surface area (Å²) in [4.78, 5) is 0. The second-order valence-electron chi connectivity index (χ2n) is 5.23. The van der Waals surface area contributed by atoms with Crippen LogP contribution in [0.15, 0.2) is 46.9 Å². The molecule has 2 rings (SSSR count). The summed E-state index contributed by atoms with van der Waals surface area (Å²) < 4.78 is 7.19. The molecule has 112 valence electrons. The molecule has 0 saturated heterocycles. The molecule has 1 atom stereocenters. The van der Waals surface area contributed by atoms with Crippen LogP contribution in [0.1, 0.15) is 37.0 Å². The van der Waals surface area contributed by atoms with Gasteiger partial charge in [0.15, 0.2) is 0 Å². The van der Waals surface area contributed by atoms with Gasteiger partial charge in [-0.15, -0.1) is 0 Å². The molecule has 0 spiro atoms. The Morgan fingerprint density at radius 3 is 2.57 bits per heavy atom. The maximum atomic E-state index is 6.15. The molecule has 2 aromatic rings. The van der Waals surface area contributed by atoms with Crippen molar-refractivity contribution in [3.05, 3.63) is 63.1 Å². The molecule has 1 unspecified atom stereocenters. The van der Waals surface area contributed by atoms with E-state index >= 15 is 0 Å². The highest BCUT2D eigenvalue weighted by atomic mass is 79.9. The highest BCUT2D eigenvalue weighted by Crippen LogP contribution is 2.32. The van der Waals surface area contributed by atoms with Gasteiger partial charge in [-0.2, -0.15) is 0 Å². The summed E-state index contributed by atoms with van der Waals surface area (Å²) in [5, 5.41) is 0.689. The maximum absolute atomic E-state index is 6.15. The first-order valence-electron chi connectivity index (χ1n) is 6.93. The van der Waals surface area contributed by atoms with E-state index in [-0.39, 0.29) is 6.10 Å². The van der Waals surface area contributed by atoms with Crippen molar-refractivity contribution in [3.8, 4) is 5.75 Å². The Balaban J connectivity index is 2.31. The molecular formula is C17H19BrClNO. The summed E-state index contributed by atoms with van der Waals surface area (Å²) >= 11 is 9.55. The van der Waals surface area contributed by atoms with Crippen LogP contribution in [0.4, 0.5) is 0 Å². The second kappa shape index (κ2) is 7.30. The van der Waals surface area contributed by atoms with Gasteiger partial charge >= 0.3 is 0 Å². The molecule has 0 aromatic heterocycles. The SMILES string of the molecule is CC(C)c1cc(Br)ccc1OC(CN)c1cccc(Cl)c1. The summed E-state index contributed by atoms with van der Waals surface area (Å²) in [7, 11) is 0. The van der Waals surface area contributed by atoms with Gasteiger partial charge in [-0.1, -0.05) is 53.5 Å². The molecule has 0 bridgehead atoms. The summed E-state index contributed by atoms with van der Waals surface area (Å²) in [6.07, 6.45) is -0.206. The lowest BCUT2D eigenvalue weighted by Crippen LogP contribution is -2.19. The normalized spacial score (nSPS) is 12.5. The van der Waals surface area contributed by atoms with Crippen LogP contribution in [0.2, 0.25) is 5.02 Å². The molecule has 0 amide bonds. The predicted octanol–water partition coefficient (Wildman–Crippen LogP) is 5.30. The van der Waals surface area contributed by atoms with E-state index in [1.807, 2.05) is 36.4 Å². The van der Waals surface area contributed by atoms with E-state index in [0.717, 1.165) is 21.3 Å². The summed E-state index contributed by atoms with van der Waals surface area (Å²) in [5.74, 6) is 1.24. The van der Waals surface area contributed by atoms with Crippen LogP contribution < -0.4 is 10.5 Å². The highest BCUT2D eigenvalue weighted by molar-refractivity contribution is 9.10. The second-order valence-corrected chi connectivity index (χ2v) is 6.59. The first kappa shape index (κ1) is 16.3. The number of hydrogen-bond donors (Lipinski definition) is 1. The molecule has 0 fully saturated rings. The Hall–Kier alpha value is -1.03. The van der Waals surface area contributed by atoms with E-state index in [1.165, 1.54) is 0 Å². The van der Waals surface area contributed by atoms with Gasteiger partial charge in [-0.05, 0) is 47.4 Å². The molecule has 0 aliphatic heterocycles. The molecule has 0 aliphatic carbocycles. The zero-order chi connectivity index (χ0) is 15.4. The predicted molar refractivity (Wildman–Crippen MR) is 92.1 cm³/mol. The van der Waals surface area contributed by atoms with Crippen LogP contribution in [0.3, 0.4) is 0 Å². The van der Waals surface area contributed by atoms with Crippen molar-refractivity contribution in [2.24, 2.45) is 5.73 Å². The number of rotatable bonds is 5. The van der Waals surface area contributed by atoms with E-state index in [9.17, 15) is 0 Å². The van der Waals surface area contributed by atoms with Gasteiger partial charge in [-0.25, -0.2) is 0 Å². The fraction of sp³-hybridized carbons (Fsp3) is 0.294. The van der Waals surface area contributed by atoms with Gasteiger partial charge in [0.25, 0.3) is 0 Å². The third-order valence-corrected chi connectivity index (χ3v) is 4.03. The van der Waals surface area contributed by atoms with Gasteiger partial charge in [0, 0.05) is 16.0 Å². The monoisotopic (exact) mass is 367 g/mol. The molecule has 0 aliphatic rings. The molecule has 2 N–H and O–H groups in total. The quantitative estimate of drug-likeness (QED) is 0.776. The molecule has 0 heterocycles. The first-order chi connectivity index (χ1) is 10.0. The van der Waals surface area contributed by atoms with Crippen molar-refractivity contribution >= 4 is 27.5 Å². The van der Waals surface area contributed by atoms with E-state index in [2.05, 4.69) is 35.8 Å². The number of hydrogen-bond acceptors (Lipinski definition) is 2. The average molecular weight is 369 g/mol. The van der Waals surface area contributed by atoms with Crippen LogP contribution >= 0.6 is 27.5 Å². The Morgan fingerprint density at radius 1 is 1.19 bits per heavy atom. The number of halogens is 2. The Kier molecular flexibility index (Phi) is 5.68. The van der Waals surface area contributed by atoms with Crippen molar-refractivity contribution < 1.29 is 4.74 Å². The van der Waals surface area contributed by atoms with E-state index in [1.54, 1.807) is 0 Å². The zero-order valence-corrected chi connectivity index (χ0v) is 14.5. The van der Waals surface area contributed by atoms with Crippen LogP contribution in [-0.2, 0) is 0 Å². The van der Waals surface area contributed by atoms with Gasteiger partial charge in [0.05, 0.1) is 0 Å². The third-order valence-electron chi connectivity index (χ3n) is 3.30. The number of benzene rings is 2. The lowest BCUT2D eigenvalue weighted by atomic mass is 10.0. The molecule has 0 saturated carbocycles. The fourth-order valence-corrected chi connectivity index (χ4v) is 2.77. The molecular weight excluding hydrogens is 350 g/mol. The largest absolute Gasteiger partial charge is 0.484 e. The number of nitrogens with two attached hydrogens (primary N) is 1. The lowest BCUT2D eigenvalue weighted by molar-refractivity contribution is 0.211. The van der Waals surface area contributed by atoms with Crippen LogP contribution in [0.25, 0.3) is 0 Å². The van der Waals surface area contributed by atoms with Crippen molar-refractivity contribution in [3.63, 3.8) is 0 Å². The minimum Gasteiger partial charge on any atom is -0.484 e. The Morgan fingerprint density at radius 2 is 1.95 bits per heavy atom. The molecule has 4 heteroatoms. The van der Waals surface area contributed by atoms with Gasteiger partial charge in [0.2, 0.25) is 0 Å². The van der Waals surface area contributed by atoms with Crippen molar-refractivity contribution in [2.45, 2.75) is 25.9 Å². The van der Waals surface area contributed by atoms with Crippen LogP contribution in [0, 0.1) is 0 Å². The standard InChI is InChI=1S/C17H19BrClNO/c1-11(2)15-9-13(18)6-7-16(15)21-17(10-20)12-4-3-5-14(19)8-12/h3-9,11,17H,10,20H2,1-2H3. The number of ether oxygens (including phenoxy) is 1.